The minimum atomic E-state index is 0.312. The van der Waals surface area contributed by atoms with Crippen molar-refractivity contribution in [2.45, 2.75) is 60.3 Å². The molecule has 0 N–H and O–H groups in total. The Morgan fingerprint density at radius 2 is 1.47 bits per heavy atom. The Balaban J connectivity index is 3.02. The Hall–Kier alpha value is -0.200. The molecule has 0 atom stereocenters. The van der Waals surface area contributed by atoms with Gasteiger partial charge < -0.3 is 0 Å². The highest BCUT2D eigenvalue weighted by Crippen LogP contribution is 2.35. The molecule has 2 heteroatoms. The van der Waals surface area contributed by atoms with Gasteiger partial charge in [0.2, 0.25) is 0 Å². The SMILES string of the molecule is CCC(C)(CC)Cc1cc(Cl)c(CC(C)C)cc1Cl. The van der Waals surface area contributed by atoms with Crippen LogP contribution in [0.15, 0.2) is 12.1 Å². The smallest absolute Gasteiger partial charge is 0.0441 e. The standard InChI is InChI=1S/C17H26Cl2/c1-6-17(5,7-2)11-14-10-15(18)13(8-12(3)4)9-16(14)19/h9-10,12H,6-8,11H2,1-5H3. The predicted molar refractivity (Wildman–Crippen MR) is 87.4 cm³/mol. The van der Waals surface area contributed by atoms with Crippen LogP contribution in [0.1, 0.15) is 58.6 Å². The van der Waals surface area contributed by atoms with E-state index < -0.39 is 0 Å². The summed E-state index contributed by atoms with van der Waals surface area (Å²) in [7, 11) is 0. The van der Waals surface area contributed by atoms with Gasteiger partial charge >= 0.3 is 0 Å². The van der Waals surface area contributed by atoms with E-state index >= 15 is 0 Å². The van der Waals surface area contributed by atoms with Crippen molar-refractivity contribution >= 4 is 23.2 Å². The van der Waals surface area contributed by atoms with Crippen LogP contribution in [0.5, 0.6) is 0 Å². The van der Waals surface area contributed by atoms with Gasteiger partial charge in [-0.05, 0) is 47.4 Å². The summed E-state index contributed by atoms with van der Waals surface area (Å²) in [6.45, 7) is 11.2. The molecule has 0 radical (unpaired) electrons. The Labute approximate surface area is 128 Å². The zero-order chi connectivity index (χ0) is 14.6. The number of hydrogen-bond acceptors (Lipinski definition) is 0. The molecule has 0 saturated carbocycles. The van der Waals surface area contributed by atoms with Crippen molar-refractivity contribution in [3.8, 4) is 0 Å². The molecule has 0 spiro atoms. The molecule has 0 unspecified atom stereocenters. The van der Waals surface area contributed by atoms with Crippen molar-refractivity contribution in [1.82, 2.24) is 0 Å². The fourth-order valence-electron chi connectivity index (χ4n) is 2.32. The Morgan fingerprint density at radius 3 is 1.95 bits per heavy atom. The first-order chi connectivity index (χ1) is 8.81. The second kappa shape index (κ2) is 6.99. The van der Waals surface area contributed by atoms with Gasteiger partial charge in [-0.25, -0.2) is 0 Å². The van der Waals surface area contributed by atoms with Gasteiger partial charge in [0.05, 0.1) is 0 Å². The fraction of sp³-hybridized carbons (Fsp3) is 0.647. The number of halogens is 2. The van der Waals surface area contributed by atoms with E-state index in [4.69, 9.17) is 23.2 Å². The third-order valence-electron chi connectivity index (χ3n) is 4.17. The van der Waals surface area contributed by atoms with Crippen LogP contribution >= 0.6 is 23.2 Å². The lowest BCUT2D eigenvalue weighted by Crippen LogP contribution is -2.17. The monoisotopic (exact) mass is 300 g/mol. The van der Waals surface area contributed by atoms with Crippen LogP contribution in [0.3, 0.4) is 0 Å². The highest BCUT2D eigenvalue weighted by atomic mass is 35.5. The maximum Gasteiger partial charge on any atom is 0.0441 e. The van der Waals surface area contributed by atoms with Crippen molar-refractivity contribution in [1.29, 1.82) is 0 Å². The minimum Gasteiger partial charge on any atom is -0.0840 e. The fourth-order valence-corrected chi connectivity index (χ4v) is 2.84. The molecule has 108 valence electrons. The first-order valence-electron chi connectivity index (χ1n) is 7.28. The molecule has 1 rings (SSSR count). The van der Waals surface area contributed by atoms with Gasteiger partial charge in [-0.2, -0.15) is 0 Å². The molecule has 1 aromatic rings. The van der Waals surface area contributed by atoms with Crippen LogP contribution in [-0.2, 0) is 12.8 Å². The highest BCUT2D eigenvalue weighted by Gasteiger charge is 2.22. The lowest BCUT2D eigenvalue weighted by molar-refractivity contribution is 0.296. The van der Waals surface area contributed by atoms with Crippen LogP contribution in [0.2, 0.25) is 10.0 Å². The molecular formula is C17H26Cl2. The van der Waals surface area contributed by atoms with E-state index in [-0.39, 0.29) is 0 Å². The quantitative estimate of drug-likeness (QED) is 0.558. The molecule has 0 aliphatic heterocycles. The summed E-state index contributed by atoms with van der Waals surface area (Å²) in [4.78, 5) is 0. The molecule has 0 aromatic heterocycles. The molecule has 0 aliphatic carbocycles. The van der Waals surface area contributed by atoms with E-state index in [0.717, 1.165) is 35.7 Å². The lowest BCUT2D eigenvalue weighted by Gasteiger charge is -2.27. The Morgan fingerprint density at radius 1 is 1.00 bits per heavy atom. The van der Waals surface area contributed by atoms with Gasteiger partial charge in [0.25, 0.3) is 0 Å². The molecule has 0 amide bonds. The third-order valence-corrected chi connectivity index (χ3v) is 4.87. The second-order valence-corrected chi connectivity index (χ2v) is 7.14. The summed E-state index contributed by atoms with van der Waals surface area (Å²) in [5, 5.41) is 1.73. The molecule has 1 aromatic carbocycles. The maximum atomic E-state index is 6.45. The third kappa shape index (κ3) is 4.68. The van der Waals surface area contributed by atoms with E-state index in [0.29, 0.717) is 11.3 Å². The van der Waals surface area contributed by atoms with Crippen molar-refractivity contribution < 1.29 is 0 Å². The summed E-state index contributed by atoms with van der Waals surface area (Å²) >= 11 is 12.8. The van der Waals surface area contributed by atoms with Crippen LogP contribution in [-0.4, -0.2) is 0 Å². The molecule has 0 aliphatic rings. The normalized spacial score (nSPS) is 12.2. The van der Waals surface area contributed by atoms with E-state index in [9.17, 15) is 0 Å². The average Bonchev–Trinajstić information content (AvgIpc) is 2.34. The van der Waals surface area contributed by atoms with Gasteiger partial charge in [0.15, 0.2) is 0 Å². The van der Waals surface area contributed by atoms with Gasteiger partial charge in [-0.1, -0.05) is 70.7 Å². The molecule has 0 nitrogen and oxygen atoms in total. The van der Waals surface area contributed by atoms with Crippen LogP contribution < -0.4 is 0 Å². The zero-order valence-electron chi connectivity index (χ0n) is 12.8. The summed E-state index contributed by atoms with van der Waals surface area (Å²) < 4.78 is 0. The lowest BCUT2D eigenvalue weighted by atomic mass is 9.79. The number of hydrogen-bond donors (Lipinski definition) is 0. The van der Waals surface area contributed by atoms with E-state index in [1.165, 1.54) is 11.1 Å². The van der Waals surface area contributed by atoms with Crippen LogP contribution in [0.25, 0.3) is 0 Å². The molecule has 0 fully saturated rings. The topological polar surface area (TPSA) is 0 Å². The molecular weight excluding hydrogens is 275 g/mol. The van der Waals surface area contributed by atoms with Gasteiger partial charge in [0.1, 0.15) is 0 Å². The predicted octanol–water partition coefficient (Wildman–Crippen LogP) is 6.56. The molecule has 0 bridgehead atoms. The molecule has 19 heavy (non-hydrogen) atoms. The van der Waals surface area contributed by atoms with Crippen LogP contribution in [0, 0.1) is 11.3 Å². The van der Waals surface area contributed by atoms with Crippen molar-refractivity contribution in [3.05, 3.63) is 33.3 Å². The Bertz CT molecular complexity index is 418. The summed E-state index contributed by atoms with van der Waals surface area (Å²) in [5.74, 6) is 0.593. The first-order valence-corrected chi connectivity index (χ1v) is 8.03. The molecule has 0 saturated heterocycles. The van der Waals surface area contributed by atoms with E-state index in [1.54, 1.807) is 0 Å². The van der Waals surface area contributed by atoms with E-state index in [2.05, 4.69) is 46.8 Å². The minimum absolute atomic E-state index is 0.312. The highest BCUT2D eigenvalue weighted by molar-refractivity contribution is 6.34. The zero-order valence-corrected chi connectivity index (χ0v) is 14.3. The van der Waals surface area contributed by atoms with Gasteiger partial charge in [-0.3, -0.25) is 0 Å². The largest absolute Gasteiger partial charge is 0.0840 e. The van der Waals surface area contributed by atoms with Crippen molar-refractivity contribution in [2.75, 3.05) is 0 Å². The molecule has 0 heterocycles. The van der Waals surface area contributed by atoms with Gasteiger partial charge in [0, 0.05) is 10.0 Å². The maximum absolute atomic E-state index is 6.45. The number of benzene rings is 1. The second-order valence-electron chi connectivity index (χ2n) is 6.33. The van der Waals surface area contributed by atoms with Crippen molar-refractivity contribution in [2.24, 2.45) is 11.3 Å². The van der Waals surface area contributed by atoms with Gasteiger partial charge in [-0.15, -0.1) is 0 Å². The van der Waals surface area contributed by atoms with Crippen molar-refractivity contribution in [3.63, 3.8) is 0 Å². The van der Waals surface area contributed by atoms with Crippen LogP contribution in [0.4, 0.5) is 0 Å². The summed E-state index contributed by atoms with van der Waals surface area (Å²) in [6.07, 6.45) is 4.30. The summed E-state index contributed by atoms with van der Waals surface area (Å²) in [6, 6.07) is 4.14. The summed E-state index contributed by atoms with van der Waals surface area (Å²) in [5.41, 5.74) is 2.66. The van der Waals surface area contributed by atoms with E-state index in [1.807, 2.05) is 0 Å². The number of rotatable bonds is 6. The Kier molecular flexibility index (Phi) is 6.20. The first kappa shape index (κ1) is 16.9. The average molecular weight is 301 g/mol.